The summed E-state index contributed by atoms with van der Waals surface area (Å²) in [6.45, 7) is 0. The summed E-state index contributed by atoms with van der Waals surface area (Å²) in [5, 5.41) is 0. The molecule has 0 heterocycles. The van der Waals surface area contributed by atoms with E-state index in [1.54, 1.807) is 19.0 Å². The van der Waals surface area contributed by atoms with Gasteiger partial charge in [-0.2, -0.15) is 0 Å². The molecule has 0 radical (unpaired) electrons. The van der Waals surface area contributed by atoms with E-state index in [4.69, 9.17) is 5.73 Å². The Bertz CT molecular complexity index is 395. The van der Waals surface area contributed by atoms with Crippen LogP contribution in [0.2, 0.25) is 0 Å². The molecule has 0 saturated carbocycles. The normalized spacial score (nSPS) is 12.5. The molecule has 0 saturated heterocycles. The Kier molecular flexibility index (Phi) is 3.65. The van der Waals surface area contributed by atoms with Crippen LogP contribution >= 0.6 is 0 Å². The van der Waals surface area contributed by atoms with Crippen LogP contribution in [0.15, 0.2) is 17.0 Å². The first-order valence-electron chi connectivity index (χ1n) is 4.33. The second-order valence-corrected chi connectivity index (χ2v) is 4.59. The molecule has 0 fully saturated rings. The zero-order valence-corrected chi connectivity index (χ0v) is 9.69. The molecule has 1 aromatic rings. The Morgan fingerprint density at radius 1 is 1.47 bits per heavy atom. The fourth-order valence-electron chi connectivity index (χ4n) is 1.20. The third-order valence-electron chi connectivity index (χ3n) is 1.95. The molecular weight excluding hydrogens is 217 g/mol. The number of nitrogens with one attached hydrogen (secondary N) is 1. The van der Waals surface area contributed by atoms with Crippen molar-refractivity contribution in [1.29, 1.82) is 0 Å². The second-order valence-electron chi connectivity index (χ2n) is 3.21. The highest BCUT2D eigenvalue weighted by atomic mass is 32.2. The van der Waals surface area contributed by atoms with Crippen molar-refractivity contribution in [1.82, 2.24) is 4.72 Å². The van der Waals surface area contributed by atoms with Crippen molar-refractivity contribution in [2.24, 2.45) is 0 Å². The smallest absolute Gasteiger partial charge is 0.142 e. The van der Waals surface area contributed by atoms with Crippen molar-refractivity contribution in [3.63, 3.8) is 0 Å². The number of nitrogen functional groups attached to an aromatic ring is 1. The fraction of sp³-hybridized carbons (Fsp3) is 0.333. The van der Waals surface area contributed by atoms with Crippen LogP contribution in [0.5, 0.6) is 0 Å². The van der Waals surface area contributed by atoms with Gasteiger partial charge in [-0.1, -0.05) is 0 Å². The van der Waals surface area contributed by atoms with Crippen LogP contribution in [0.4, 0.5) is 15.8 Å². The Morgan fingerprint density at radius 2 is 2.07 bits per heavy atom. The third kappa shape index (κ3) is 2.45. The number of nitrogens with zero attached hydrogens (tertiary/aromatic N) is 1. The van der Waals surface area contributed by atoms with E-state index in [0.717, 1.165) is 0 Å². The first kappa shape index (κ1) is 11.9. The van der Waals surface area contributed by atoms with E-state index >= 15 is 0 Å². The molecule has 1 unspecified atom stereocenters. The predicted molar refractivity (Wildman–Crippen MR) is 60.6 cm³/mol. The highest BCUT2D eigenvalue weighted by Gasteiger charge is 2.13. The number of hydrogen-bond donors (Lipinski definition) is 2. The molecular formula is C9H14FN3OS. The maximum atomic E-state index is 13.5. The molecule has 15 heavy (non-hydrogen) atoms. The largest absolute Gasteiger partial charge is 0.397 e. The summed E-state index contributed by atoms with van der Waals surface area (Å²) in [7, 11) is 3.46. The van der Waals surface area contributed by atoms with Crippen molar-refractivity contribution < 1.29 is 8.60 Å². The number of hydrogen-bond acceptors (Lipinski definition) is 3. The van der Waals surface area contributed by atoms with Crippen molar-refractivity contribution in [2.75, 3.05) is 31.8 Å². The molecule has 0 amide bonds. The monoisotopic (exact) mass is 231 g/mol. The molecule has 0 aliphatic rings. The van der Waals surface area contributed by atoms with E-state index in [1.165, 1.54) is 19.2 Å². The van der Waals surface area contributed by atoms with E-state index in [9.17, 15) is 8.60 Å². The summed E-state index contributed by atoms with van der Waals surface area (Å²) in [4.78, 5) is 1.77. The van der Waals surface area contributed by atoms with Gasteiger partial charge in [-0.05, 0) is 13.1 Å². The summed E-state index contributed by atoms with van der Waals surface area (Å²) in [5.74, 6) is -0.527. The van der Waals surface area contributed by atoms with E-state index in [2.05, 4.69) is 4.72 Å². The lowest BCUT2D eigenvalue weighted by molar-refractivity contribution is 0.594. The molecule has 0 bridgehead atoms. The molecule has 3 N–H and O–H groups in total. The number of anilines is 2. The maximum absolute atomic E-state index is 13.5. The van der Waals surface area contributed by atoms with Gasteiger partial charge < -0.3 is 10.6 Å². The molecule has 4 nitrogen and oxygen atoms in total. The molecule has 0 aliphatic carbocycles. The average molecular weight is 231 g/mol. The maximum Gasteiger partial charge on any atom is 0.142 e. The third-order valence-corrected chi connectivity index (χ3v) is 3.03. The van der Waals surface area contributed by atoms with Gasteiger partial charge in [-0.3, -0.25) is 0 Å². The van der Waals surface area contributed by atoms with Crippen LogP contribution in [0.3, 0.4) is 0 Å². The van der Waals surface area contributed by atoms with Gasteiger partial charge in [0.2, 0.25) is 0 Å². The lowest BCUT2D eigenvalue weighted by atomic mass is 10.2. The zero-order chi connectivity index (χ0) is 11.6. The fourth-order valence-corrected chi connectivity index (χ4v) is 1.89. The Labute approximate surface area is 90.9 Å². The Hall–Kier alpha value is -1.14. The van der Waals surface area contributed by atoms with Crippen LogP contribution in [0, 0.1) is 5.82 Å². The van der Waals surface area contributed by atoms with E-state index in [1.807, 2.05) is 0 Å². The molecule has 1 atom stereocenters. The lowest BCUT2D eigenvalue weighted by Crippen LogP contribution is -2.15. The summed E-state index contributed by atoms with van der Waals surface area (Å²) in [5.41, 5.74) is 6.69. The summed E-state index contributed by atoms with van der Waals surface area (Å²) < 4.78 is 27.3. The van der Waals surface area contributed by atoms with Gasteiger partial charge in [0.05, 0.1) is 16.3 Å². The molecule has 84 valence electrons. The van der Waals surface area contributed by atoms with Crippen LogP contribution in [-0.4, -0.2) is 25.4 Å². The van der Waals surface area contributed by atoms with E-state index in [-0.39, 0.29) is 4.90 Å². The van der Waals surface area contributed by atoms with Crippen LogP contribution in [0.1, 0.15) is 0 Å². The van der Waals surface area contributed by atoms with Gasteiger partial charge in [0, 0.05) is 20.2 Å². The summed E-state index contributed by atoms with van der Waals surface area (Å²) in [6, 6.07) is 2.66. The van der Waals surface area contributed by atoms with Gasteiger partial charge in [0.15, 0.2) is 0 Å². The van der Waals surface area contributed by atoms with Crippen LogP contribution < -0.4 is 15.4 Å². The first-order valence-corrected chi connectivity index (χ1v) is 5.48. The van der Waals surface area contributed by atoms with Gasteiger partial charge in [0.1, 0.15) is 16.8 Å². The second kappa shape index (κ2) is 4.59. The molecule has 1 rings (SSSR count). The number of benzene rings is 1. The molecule has 0 spiro atoms. The summed E-state index contributed by atoms with van der Waals surface area (Å²) in [6.07, 6.45) is 0. The van der Waals surface area contributed by atoms with Crippen molar-refractivity contribution in [3.05, 3.63) is 17.9 Å². The minimum atomic E-state index is -1.56. The van der Waals surface area contributed by atoms with Crippen molar-refractivity contribution in [3.8, 4) is 0 Å². The quantitative estimate of drug-likeness (QED) is 0.753. The minimum absolute atomic E-state index is 0.0700. The number of rotatable bonds is 3. The highest BCUT2D eigenvalue weighted by molar-refractivity contribution is 7.83. The van der Waals surface area contributed by atoms with Crippen molar-refractivity contribution >= 4 is 22.4 Å². The highest BCUT2D eigenvalue weighted by Crippen LogP contribution is 2.26. The van der Waals surface area contributed by atoms with E-state index in [0.29, 0.717) is 11.4 Å². The van der Waals surface area contributed by atoms with Crippen LogP contribution in [-0.2, 0) is 11.0 Å². The zero-order valence-electron chi connectivity index (χ0n) is 8.87. The topological polar surface area (TPSA) is 58.4 Å². The van der Waals surface area contributed by atoms with Crippen LogP contribution in [0.25, 0.3) is 0 Å². The summed E-state index contributed by atoms with van der Waals surface area (Å²) >= 11 is 0. The minimum Gasteiger partial charge on any atom is -0.397 e. The number of nitrogens with two attached hydrogens (primary N) is 1. The van der Waals surface area contributed by atoms with Gasteiger partial charge >= 0.3 is 0 Å². The predicted octanol–water partition coefficient (Wildman–Crippen LogP) is 0.716. The van der Waals surface area contributed by atoms with Gasteiger partial charge in [-0.15, -0.1) is 0 Å². The first-order chi connectivity index (χ1) is 6.97. The lowest BCUT2D eigenvalue weighted by Gasteiger charge is -2.16. The van der Waals surface area contributed by atoms with E-state index < -0.39 is 16.8 Å². The molecule has 0 aliphatic heterocycles. The molecule has 0 aromatic heterocycles. The number of halogens is 1. The molecule has 6 heteroatoms. The van der Waals surface area contributed by atoms with Gasteiger partial charge in [0.25, 0.3) is 0 Å². The Morgan fingerprint density at radius 3 is 2.53 bits per heavy atom. The SMILES string of the molecule is CNS(=O)c1cc(N)c(N(C)C)cc1F. The average Bonchev–Trinajstić information content (AvgIpc) is 2.19. The van der Waals surface area contributed by atoms with Crippen molar-refractivity contribution in [2.45, 2.75) is 4.90 Å². The standard InChI is InChI=1S/C9H14FN3OS/c1-12-15(14)9-5-7(11)8(13(2)3)4-6(9)10/h4-5,12H,11H2,1-3H3. The Balaban J connectivity index is 3.25. The molecule has 1 aromatic carbocycles. The van der Waals surface area contributed by atoms with Gasteiger partial charge in [-0.25, -0.2) is 13.3 Å².